The predicted molar refractivity (Wildman–Crippen MR) is 81.8 cm³/mol. The number of hydrogen-bond acceptors (Lipinski definition) is 4. The quantitative estimate of drug-likeness (QED) is 0.618. The van der Waals surface area contributed by atoms with Gasteiger partial charge in [-0.15, -0.1) is 0 Å². The lowest BCUT2D eigenvalue weighted by molar-refractivity contribution is -0.385. The molecule has 0 aromatic heterocycles. The van der Waals surface area contributed by atoms with Gasteiger partial charge in [0.2, 0.25) is 0 Å². The topological polar surface area (TPSA) is 86.3 Å². The van der Waals surface area contributed by atoms with Crippen molar-refractivity contribution in [3.8, 4) is 11.1 Å². The van der Waals surface area contributed by atoms with Gasteiger partial charge in [-0.05, 0) is 60.1 Å². The van der Waals surface area contributed by atoms with Gasteiger partial charge in [-0.3, -0.25) is 20.2 Å². The van der Waals surface area contributed by atoms with Crippen LogP contribution in [-0.4, -0.2) is 9.85 Å². The third-order valence-electron chi connectivity index (χ3n) is 4.03. The SMILES string of the molecule is O=[N+]([O-])c1ccc2c(c1)CCCCc1cc([N+](=O)[O-])ccc1-2. The van der Waals surface area contributed by atoms with Gasteiger partial charge in [0.1, 0.15) is 0 Å². The summed E-state index contributed by atoms with van der Waals surface area (Å²) in [6, 6.07) is 9.72. The summed E-state index contributed by atoms with van der Waals surface area (Å²) in [5, 5.41) is 21.9. The lowest BCUT2D eigenvalue weighted by atomic mass is 9.87. The second-order valence-electron chi connectivity index (χ2n) is 5.40. The first-order valence-corrected chi connectivity index (χ1v) is 7.11. The van der Waals surface area contributed by atoms with E-state index >= 15 is 0 Å². The van der Waals surface area contributed by atoms with E-state index in [9.17, 15) is 20.2 Å². The van der Waals surface area contributed by atoms with E-state index in [2.05, 4.69) is 0 Å². The largest absolute Gasteiger partial charge is 0.269 e. The van der Waals surface area contributed by atoms with E-state index in [1.165, 1.54) is 12.1 Å². The van der Waals surface area contributed by atoms with E-state index in [1.807, 2.05) is 0 Å². The smallest absolute Gasteiger partial charge is 0.258 e. The molecule has 0 saturated heterocycles. The molecule has 22 heavy (non-hydrogen) atoms. The van der Waals surface area contributed by atoms with Crippen LogP contribution in [0.25, 0.3) is 11.1 Å². The fourth-order valence-electron chi connectivity index (χ4n) is 2.96. The Morgan fingerprint density at radius 1 is 0.727 bits per heavy atom. The Kier molecular flexibility index (Phi) is 3.58. The lowest BCUT2D eigenvalue weighted by Crippen LogP contribution is -2.02. The molecule has 6 heteroatoms. The van der Waals surface area contributed by atoms with Crippen molar-refractivity contribution in [2.24, 2.45) is 0 Å². The number of fused-ring (bicyclic) bond motifs is 3. The molecule has 2 aromatic carbocycles. The number of nitro benzene ring substituents is 2. The fourth-order valence-corrected chi connectivity index (χ4v) is 2.96. The van der Waals surface area contributed by atoms with Gasteiger partial charge in [-0.2, -0.15) is 0 Å². The monoisotopic (exact) mass is 298 g/mol. The molecule has 3 rings (SSSR count). The zero-order valence-corrected chi connectivity index (χ0v) is 11.8. The maximum atomic E-state index is 10.9. The Morgan fingerprint density at radius 3 is 1.50 bits per heavy atom. The average molecular weight is 298 g/mol. The van der Waals surface area contributed by atoms with E-state index in [0.29, 0.717) is 0 Å². The van der Waals surface area contributed by atoms with Crippen molar-refractivity contribution in [1.82, 2.24) is 0 Å². The number of hydrogen-bond donors (Lipinski definition) is 0. The van der Waals surface area contributed by atoms with Crippen molar-refractivity contribution >= 4 is 11.4 Å². The Morgan fingerprint density at radius 2 is 1.14 bits per heavy atom. The van der Waals surface area contributed by atoms with Gasteiger partial charge >= 0.3 is 0 Å². The van der Waals surface area contributed by atoms with Crippen LogP contribution in [0.15, 0.2) is 36.4 Å². The van der Waals surface area contributed by atoms with E-state index in [-0.39, 0.29) is 11.4 Å². The molecule has 0 atom stereocenters. The van der Waals surface area contributed by atoms with Gasteiger partial charge in [-0.1, -0.05) is 0 Å². The van der Waals surface area contributed by atoms with Crippen molar-refractivity contribution < 1.29 is 9.85 Å². The molecule has 112 valence electrons. The normalized spacial score (nSPS) is 13.5. The van der Waals surface area contributed by atoms with Crippen molar-refractivity contribution in [1.29, 1.82) is 0 Å². The van der Waals surface area contributed by atoms with Crippen LogP contribution in [0.2, 0.25) is 0 Å². The minimum absolute atomic E-state index is 0.0859. The van der Waals surface area contributed by atoms with Crippen molar-refractivity contribution in [3.63, 3.8) is 0 Å². The number of nitro groups is 2. The van der Waals surface area contributed by atoms with Crippen molar-refractivity contribution in [2.45, 2.75) is 25.7 Å². The molecule has 0 heterocycles. The third kappa shape index (κ3) is 2.55. The molecule has 0 unspecified atom stereocenters. The number of nitrogens with zero attached hydrogens (tertiary/aromatic N) is 2. The first-order chi connectivity index (χ1) is 10.6. The second-order valence-corrected chi connectivity index (χ2v) is 5.40. The van der Waals surface area contributed by atoms with Gasteiger partial charge in [0.25, 0.3) is 11.4 Å². The lowest BCUT2D eigenvalue weighted by Gasteiger charge is -2.17. The van der Waals surface area contributed by atoms with Crippen molar-refractivity contribution in [3.05, 3.63) is 67.8 Å². The minimum Gasteiger partial charge on any atom is -0.258 e. The molecule has 2 aromatic rings. The summed E-state index contributed by atoms with van der Waals surface area (Å²) in [5.41, 5.74) is 3.92. The van der Waals surface area contributed by atoms with Gasteiger partial charge < -0.3 is 0 Å². The molecular formula is C16H14N2O4. The Balaban J connectivity index is 2.16. The zero-order valence-electron chi connectivity index (χ0n) is 11.8. The summed E-state index contributed by atoms with van der Waals surface area (Å²) in [6.07, 6.45) is 3.40. The molecule has 0 amide bonds. The summed E-state index contributed by atoms with van der Waals surface area (Å²) in [4.78, 5) is 21.1. The summed E-state index contributed by atoms with van der Waals surface area (Å²) in [5.74, 6) is 0. The molecule has 0 N–H and O–H groups in total. The highest BCUT2D eigenvalue weighted by molar-refractivity contribution is 5.73. The molecule has 1 aliphatic carbocycles. The number of non-ortho nitro benzene ring substituents is 2. The molecule has 6 nitrogen and oxygen atoms in total. The summed E-state index contributed by atoms with van der Waals surface area (Å²) in [7, 11) is 0. The van der Waals surface area contributed by atoms with Crippen LogP contribution in [-0.2, 0) is 12.8 Å². The van der Waals surface area contributed by atoms with Crippen LogP contribution < -0.4 is 0 Å². The number of aryl methyl sites for hydroxylation is 2. The van der Waals surface area contributed by atoms with Crippen LogP contribution in [0, 0.1) is 20.2 Å². The van der Waals surface area contributed by atoms with E-state index in [4.69, 9.17) is 0 Å². The molecule has 0 saturated carbocycles. The molecule has 0 radical (unpaired) electrons. The van der Waals surface area contributed by atoms with E-state index in [1.54, 1.807) is 24.3 Å². The molecule has 0 aliphatic heterocycles. The average Bonchev–Trinajstić information content (AvgIpc) is 2.48. The highest BCUT2D eigenvalue weighted by Crippen LogP contribution is 2.35. The summed E-state index contributed by atoms with van der Waals surface area (Å²) < 4.78 is 0. The van der Waals surface area contributed by atoms with Gasteiger partial charge in [-0.25, -0.2) is 0 Å². The molecule has 0 bridgehead atoms. The minimum atomic E-state index is -0.393. The maximum absolute atomic E-state index is 10.9. The highest BCUT2D eigenvalue weighted by atomic mass is 16.6. The van der Waals surface area contributed by atoms with Crippen LogP contribution in [0.4, 0.5) is 11.4 Å². The maximum Gasteiger partial charge on any atom is 0.269 e. The molecule has 1 aliphatic rings. The second kappa shape index (κ2) is 5.55. The number of rotatable bonds is 2. The fraction of sp³-hybridized carbons (Fsp3) is 0.250. The zero-order chi connectivity index (χ0) is 15.7. The Labute approximate surface area is 126 Å². The van der Waals surface area contributed by atoms with Crippen LogP contribution in [0.3, 0.4) is 0 Å². The van der Waals surface area contributed by atoms with Crippen LogP contribution in [0.1, 0.15) is 24.0 Å². The first-order valence-electron chi connectivity index (χ1n) is 7.11. The highest BCUT2D eigenvalue weighted by Gasteiger charge is 2.18. The van der Waals surface area contributed by atoms with Crippen molar-refractivity contribution in [2.75, 3.05) is 0 Å². The van der Waals surface area contributed by atoms with E-state index in [0.717, 1.165) is 47.9 Å². The Bertz CT molecular complexity index is 705. The summed E-state index contributed by atoms with van der Waals surface area (Å²) in [6.45, 7) is 0. The standard InChI is InChI=1S/C16H14N2O4/c19-17(20)13-5-7-15-11(9-13)3-1-2-4-12-10-14(18(21)22)6-8-16(12)15/h5-10H,1-4H2. The molecular weight excluding hydrogens is 284 g/mol. The van der Waals surface area contributed by atoms with Gasteiger partial charge in [0, 0.05) is 24.3 Å². The Hall–Kier alpha value is -2.76. The van der Waals surface area contributed by atoms with Crippen LogP contribution >= 0.6 is 0 Å². The van der Waals surface area contributed by atoms with E-state index < -0.39 is 9.85 Å². The summed E-state index contributed by atoms with van der Waals surface area (Å²) >= 11 is 0. The first kappa shape index (κ1) is 14.2. The van der Waals surface area contributed by atoms with Gasteiger partial charge in [0.05, 0.1) is 9.85 Å². The van der Waals surface area contributed by atoms with Gasteiger partial charge in [0.15, 0.2) is 0 Å². The van der Waals surface area contributed by atoms with Crippen LogP contribution in [0.5, 0.6) is 0 Å². The number of benzene rings is 2. The molecule has 0 spiro atoms. The molecule has 0 fully saturated rings. The predicted octanol–water partition coefficient (Wildman–Crippen LogP) is 4.05. The third-order valence-corrected chi connectivity index (χ3v) is 4.03.